The number of thiocarbonyl (C=S) groups is 1. The number of aromatic nitrogens is 1. The van der Waals surface area contributed by atoms with E-state index in [2.05, 4.69) is 24.9 Å². The zero-order valence-electron chi connectivity index (χ0n) is 18.1. The van der Waals surface area contributed by atoms with E-state index in [-0.39, 0.29) is 11.8 Å². The summed E-state index contributed by atoms with van der Waals surface area (Å²) in [5, 5.41) is 1.08. The van der Waals surface area contributed by atoms with Crippen LogP contribution >= 0.6 is 24.0 Å². The molecule has 1 aromatic carbocycles. The zero-order chi connectivity index (χ0) is 22.0. The van der Waals surface area contributed by atoms with Crippen LogP contribution in [0.3, 0.4) is 0 Å². The first-order chi connectivity index (χ1) is 15.0. The van der Waals surface area contributed by atoms with E-state index in [1.54, 1.807) is 4.90 Å². The van der Waals surface area contributed by atoms with Gasteiger partial charge in [0.05, 0.1) is 4.91 Å². The normalized spacial score (nSPS) is 19.8. The lowest BCUT2D eigenvalue weighted by Crippen LogP contribution is -2.52. The molecule has 2 saturated heterocycles. The van der Waals surface area contributed by atoms with Crippen LogP contribution in [0.1, 0.15) is 45.1 Å². The summed E-state index contributed by atoms with van der Waals surface area (Å²) >= 11 is 6.93. The molecular weight excluding hydrogens is 426 g/mol. The van der Waals surface area contributed by atoms with Gasteiger partial charge in [-0.3, -0.25) is 14.5 Å². The lowest BCUT2D eigenvalue weighted by Gasteiger charge is -2.34. The van der Waals surface area contributed by atoms with Crippen LogP contribution in [0.5, 0.6) is 0 Å². The molecule has 1 unspecified atom stereocenters. The number of H-pyrrole nitrogens is 1. The summed E-state index contributed by atoms with van der Waals surface area (Å²) in [5.41, 5.74) is 2.06. The van der Waals surface area contributed by atoms with Crippen molar-refractivity contribution in [1.29, 1.82) is 0 Å². The largest absolute Gasteiger partial charge is 0.361 e. The molecule has 2 fully saturated rings. The Bertz CT molecular complexity index is 1020. The molecule has 1 atom stereocenters. The van der Waals surface area contributed by atoms with Gasteiger partial charge in [-0.05, 0) is 43.2 Å². The highest BCUT2D eigenvalue weighted by Gasteiger charge is 2.42. The van der Waals surface area contributed by atoms with Crippen molar-refractivity contribution >= 4 is 51.0 Å². The fourth-order valence-electron chi connectivity index (χ4n) is 4.25. The van der Waals surface area contributed by atoms with E-state index in [1.807, 2.05) is 35.4 Å². The highest BCUT2D eigenvalue weighted by atomic mass is 32.2. The van der Waals surface area contributed by atoms with Crippen molar-refractivity contribution in [3.63, 3.8) is 0 Å². The Morgan fingerprint density at radius 3 is 2.71 bits per heavy atom. The number of hydrogen-bond donors (Lipinski definition) is 1. The Morgan fingerprint density at radius 2 is 1.97 bits per heavy atom. The van der Waals surface area contributed by atoms with Crippen LogP contribution in [-0.4, -0.2) is 50.1 Å². The second-order valence-electron chi connectivity index (χ2n) is 8.71. The second kappa shape index (κ2) is 9.57. The monoisotopic (exact) mass is 455 g/mol. The summed E-state index contributed by atoms with van der Waals surface area (Å²) < 4.78 is 0.482. The molecule has 0 saturated carbocycles. The third kappa shape index (κ3) is 4.72. The number of nitrogens with zero attached hydrogens (tertiary/aromatic N) is 2. The molecular formula is C24H29N3O2S2. The summed E-state index contributed by atoms with van der Waals surface area (Å²) in [6.07, 6.45) is 8.36. The fraction of sp³-hybridized carbons (Fsp3) is 0.458. The van der Waals surface area contributed by atoms with Gasteiger partial charge < -0.3 is 9.88 Å². The Morgan fingerprint density at radius 1 is 1.23 bits per heavy atom. The van der Waals surface area contributed by atoms with E-state index >= 15 is 0 Å². The molecule has 0 spiro atoms. The highest BCUT2D eigenvalue weighted by molar-refractivity contribution is 8.26. The number of thioether (sulfide) groups is 1. The maximum absolute atomic E-state index is 13.6. The first kappa shape index (κ1) is 22.1. The molecule has 2 amide bonds. The molecule has 7 heteroatoms. The smallest absolute Gasteiger partial charge is 0.266 e. The van der Waals surface area contributed by atoms with Gasteiger partial charge in [0.15, 0.2) is 0 Å². The molecule has 2 aliphatic heterocycles. The fourth-order valence-corrected chi connectivity index (χ4v) is 5.59. The predicted molar refractivity (Wildman–Crippen MR) is 131 cm³/mol. The summed E-state index contributed by atoms with van der Waals surface area (Å²) in [4.78, 5) is 34.4. The number of allylic oxidation sites excluding steroid dienone is 1. The van der Waals surface area contributed by atoms with Gasteiger partial charge in [-0.15, -0.1) is 0 Å². The van der Waals surface area contributed by atoms with Crippen molar-refractivity contribution in [2.75, 3.05) is 13.1 Å². The third-order valence-electron chi connectivity index (χ3n) is 5.95. The van der Waals surface area contributed by atoms with Crippen LogP contribution < -0.4 is 0 Å². The minimum atomic E-state index is -0.616. The van der Waals surface area contributed by atoms with Crippen molar-refractivity contribution in [3.8, 4) is 0 Å². The van der Waals surface area contributed by atoms with Crippen LogP contribution in [-0.2, 0) is 16.0 Å². The van der Waals surface area contributed by atoms with Gasteiger partial charge in [0, 0.05) is 36.6 Å². The van der Waals surface area contributed by atoms with Gasteiger partial charge in [0.25, 0.3) is 5.91 Å². The van der Waals surface area contributed by atoms with E-state index in [0.717, 1.165) is 55.2 Å². The minimum absolute atomic E-state index is 0.00592. The summed E-state index contributed by atoms with van der Waals surface area (Å²) in [6, 6.07) is 7.44. The molecule has 2 aromatic rings. The van der Waals surface area contributed by atoms with Crippen LogP contribution in [0.4, 0.5) is 0 Å². The third-order valence-corrected chi connectivity index (χ3v) is 7.33. The SMILES string of the molecule is CC(C)CC=C1SC(=S)N(C(Cc2c[nH]c3ccccc23)C(=O)N2CCCCC2)C1=O. The van der Waals surface area contributed by atoms with Crippen molar-refractivity contribution in [2.45, 2.75) is 52.0 Å². The molecule has 164 valence electrons. The maximum Gasteiger partial charge on any atom is 0.266 e. The van der Waals surface area contributed by atoms with Gasteiger partial charge in [-0.2, -0.15) is 0 Å². The quantitative estimate of drug-likeness (QED) is 0.498. The Labute approximate surface area is 193 Å². The molecule has 31 heavy (non-hydrogen) atoms. The van der Waals surface area contributed by atoms with Crippen LogP contribution in [0.25, 0.3) is 10.9 Å². The average molecular weight is 456 g/mol. The van der Waals surface area contributed by atoms with Crippen LogP contribution in [0, 0.1) is 5.92 Å². The van der Waals surface area contributed by atoms with E-state index in [0.29, 0.717) is 21.6 Å². The lowest BCUT2D eigenvalue weighted by atomic mass is 10.0. The zero-order valence-corrected chi connectivity index (χ0v) is 19.7. The number of carbonyl (C=O) groups excluding carboxylic acids is 2. The standard InChI is InChI=1S/C24H29N3O2S2/c1-16(2)10-11-21-23(29)27(24(30)31-21)20(22(28)26-12-6-3-7-13-26)14-17-15-25-19-9-5-4-8-18(17)19/h4-5,8-9,11,15-16,20,25H,3,6-7,10,12-14H2,1-2H3. The molecule has 0 bridgehead atoms. The molecule has 1 aromatic heterocycles. The number of para-hydroxylation sites is 1. The Kier molecular flexibility index (Phi) is 6.82. The number of fused-ring (bicyclic) bond motifs is 1. The number of likely N-dealkylation sites (tertiary alicyclic amines) is 1. The summed E-state index contributed by atoms with van der Waals surface area (Å²) in [7, 11) is 0. The van der Waals surface area contributed by atoms with Gasteiger partial charge in [0.2, 0.25) is 5.91 Å². The second-order valence-corrected chi connectivity index (χ2v) is 10.4. The minimum Gasteiger partial charge on any atom is -0.361 e. The Hall–Kier alpha value is -2.12. The van der Waals surface area contributed by atoms with Crippen molar-refractivity contribution in [1.82, 2.24) is 14.8 Å². The van der Waals surface area contributed by atoms with Crippen molar-refractivity contribution < 1.29 is 9.59 Å². The first-order valence-electron chi connectivity index (χ1n) is 11.0. The number of hydrogen-bond acceptors (Lipinski definition) is 4. The highest BCUT2D eigenvalue weighted by Crippen LogP contribution is 2.35. The van der Waals surface area contributed by atoms with Gasteiger partial charge >= 0.3 is 0 Å². The number of carbonyl (C=O) groups is 2. The summed E-state index contributed by atoms with van der Waals surface area (Å²) in [6.45, 7) is 5.75. The molecule has 0 aliphatic carbocycles. The number of nitrogens with one attached hydrogen (secondary N) is 1. The van der Waals surface area contributed by atoms with Crippen LogP contribution in [0.15, 0.2) is 41.4 Å². The van der Waals surface area contributed by atoms with E-state index in [1.165, 1.54) is 11.8 Å². The lowest BCUT2D eigenvalue weighted by molar-refractivity contribution is -0.140. The van der Waals surface area contributed by atoms with Crippen molar-refractivity contribution in [3.05, 3.63) is 47.0 Å². The predicted octanol–water partition coefficient (Wildman–Crippen LogP) is 4.88. The summed E-state index contributed by atoms with van der Waals surface area (Å²) in [5.74, 6) is 0.331. The molecule has 5 nitrogen and oxygen atoms in total. The van der Waals surface area contributed by atoms with Crippen molar-refractivity contribution in [2.24, 2.45) is 5.92 Å². The first-order valence-corrected chi connectivity index (χ1v) is 12.3. The molecule has 2 aliphatic rings. The molecule has 0 radical (unpaired) electrons. The van der Waals surface area contributed by atoms with Gasteiger partial charge in [0.1, 0.15) is 10.4 Å². The van der Waals surface area contributed by atoms with Crippen LogP contribution in [0.2, 0.25) is 0 Å². The number of piperidine rings is 1. The van der Waals surface area contributed by atoms with E-state index in [4.69, 9.17) is 12.2 Å². The molecule has 1 N–H and O–H groups in total. The number of benzene rings is 1. The number of rotatable bonds is 6. The number of aromatic amines is 1. The van der Waals surface area contributed by atoms with E-state index < -0.39 is 6.04 Å². The Balaban J connectivity index is 1.66. The maximum atomic E-state index is 13.6. The number of amides is 2. The average Bonchev–Trinajstić information content (AvgIpc) is 3.31. The topological polar surface area (TPSA) is 56.4 Å². The van der Waals surface area contributed by atoms with Gasteiger partial charge in [-0.1, -0.05) is 62.1 Å². The molecule has 3 heterocycles. The van der Waals surface area contributed by atoms with E-state index in [9.17, 15) is 9.59 Å². The van der Waals surface area contributed by atoms with Gasteiger partial charge in [-0.25, -0.2) is 0 Å². The molecule has 4 rings (SSSR count).